The molecule has 0 aliphatic rings. The quantitative estimate of drug-likeness (QED) is 0.634. The van der Waals surface area contributed by atoms with Crippen LogP contribution >= 0.6 is 0 Å². The van der Waals surface area contributed by atoms with Crippen molar-refractivity contribution in [1.82, 2.24) is 29.7 Å². The first-order valence-corrected chi connectivity index (χ1v) is 7.43. The van der Waals surface area contributed by atoms with E-state index in [0.717, 1.165) is 0 Å². The van der Waals surface area contributed by atoms with E-state index in [-0.39, 0.29) is 24.6 Å². The molecule has 0 bridgehead atoms. The Kier molecular flexibility index (Phi) is 4.16. The largest absolute Gasteiger partial charge is 0.394 e. The zero-order chi connectivity index (χ0) is 14.8. The van der Waals surface area contributed by atoms with Crippen LogP contribution in [0.1, 0.15) is 17.2 Å². The monoisotopic (exact) mass is 300 g/mol. The van der Waals surface area contributed by atoms with Gasteiger partial charge < -0.3 is 5.11 Å². The molecule has 0 spiro atoms. The van der Waals surface area contributed by atoms with Crippen LogP contribution in [0, 0.1) is 13.8 Å². The fraction of sp³-hybridized carbons (Fsp3) is 0.500. The molecule has 0 saturated carbocycles. The van der Waals surface area contributed by atoms with Gasteiger partial charge in [-0.3, -0.25) is 9.78 Å². The van der Waals surface area contributed by atoms with E-state index in [1.54, 1.807) is 13.8 Å². The highest BCUT2D eigenvalue weighted by atomic mass is 32.2. The third-order valence-electron chi connectivity index (χ3n) is 2.79. The SMILES string of the molecule is Cc1nn(CCO)c(C)c1S(=O)(=O)NCc1ncn[nH]1. The zero-order valence-electron chi connectivity index (χ0n) is 11.2. The molecule has 20 heavy (non-hydrogen) atoms. The number of nitrogens with one attached hydrogen (secondary N) is 2. The summed E-state index contributed by atoms with van der Waals surface area (Å²) in [6, 6.07) is 0. The van der Waals surface area contributed by atoms with Crippen LogP contribution in [0.4, 0.5) is 0 Å². The second kappa shape index (κ2) is 5.69. The van der Waals surface area contributed by atoms with Gasteiger partial charge in [0.25, 0.3) is 0 Å². The number of rotatable bonds is 6. The first kappa shape index (κ1) is 14.6. The molecule has 0 radical (unpaired) electrons. The Balaban J connectivity index is 2.25. The van der Waals surface area contributed by atoms with E-state index >= 15 is 0 Å². The zero-order valence-corrected chi connectivity index (χ0v) is 12.0. The summed E-state index contributed by atoms with van der Waals surface area (Å²) in [5.74, 6) is 0.423. The summed E-state index contributed by atoms with van der Waals surface area (Å²) in [6.45, 7) is 3.44. The maximum atomic E-state index is 12.3. The molecule has 0 amide bonds. The second-order valence-corrected chi connectivity index (χ2v) is 5.91. The molecular formula is C10H16N6O3S. The number of aliphatic hydroxyl groups excluding tert-OH is 1. The van der Waals surface area contributed by atoms with Crippen LogP contribution in [0.3, 0.4) is 0 Å². The lowest BCUT2D eigenvalue weighted by molar-refractivity contribution is 0.267. The molecule has 0 aromatic carbocycles. The lowest BCUT2D eigenvalue weighted by atomic mass is 10.4. The van der Waals surface area contributed by atoms with Crippen molar-refractivity contribution in [2.75, 3.05) is 6.61 Å². The molecule has 0 unspecified atom stereocenters. The lowest BCUT2D eigenvalue weighted by Gasteiger charge is -2.06. The van der Waals surface area contributed by atoms with Crippen molar-refractivity contribution in [1.29, 1.82) is 0 Å². The Hall–Kier alpha value is -1.78. The number of H-pyrrole nitrogens is 1. The van der Waals surface area contributed by atoms with Crippen LogP contribution in [0.25, 0.3) is 0 Å². The molecule has 0 atom stereocenters. The van der Waals surface area contributed by atoms with Crippen LogP contribution in [0.2, 0.25) is 0 Å². The predicted octanol–water partition coefficient (Wildman–Crippen LogP) is -0.911. The standard InChI is InChI=1S/C10H16N6O3S/c1-7-10(8(2)16(15-7)3-4-17)20(18,19)13-5-9-11-6-12-14-9/h6,13,17H,3-5H2,1-2H3,(H,11,12,14). The van der Waals surface area contributed by atoms with Gasteiger partial charge in [-0.2, -0.15) is 10.2 Å². The van der Waals surface area contributed by atoms with Gasteiger partial charge in [0, 0.05) is 0 Å². The molecule has 2 aromatic heterocycles. The van der Waals surface area contributed by atoms with Crippen LogP contribution in [0.15, 0.2) is 11.2 Å². The summed E-state index contributed by atoms with van der Waals surface area (Å²) in [5, 5.41) is 19.3. The number of aromatic nitrogens is 5. The van der Waals surface area contributed by atoms with Gasteiger partial charge in [0.05, 0.1) is 31.1 Å². The minimum atomic E-state index is -3.70. The van der Waals surface area contributed by atoms with Crippen molar-refractivity contribution in [3.8, 4) is 0 Å². The van der Waals surface area contributed by atoms with Gasteiger partial charge in [0.1, 0.15) is 17.0 Å². The van der Waals surface area contributed by atoms with Crippen molar-refractivity contribution in [3.63, 3.8) is 0 Å². The minimum absolute atomic E-state index is 0.0202. The Labute approximate surface area is 116 Å². The molecule has 110 valence electrons. The Morgan fingerprint density at radius 1 is 1.45 bits per heavy atom. The topological polar surface area (TPSA) is 126 Å². The van der Waals surface area contributed by atoms with Gasteiger partial charge in [0.15, 0.2) is 0 Å². The molecule has 10 heteroatoms. The van der Waals surface area contributed by atoms with Crippen molar-refractivity contribution in [2.24, 2.45) is 0 Å². The summed E-state index contributed by atoms with van der Waals surface area (Å²) in [6.07, 6.45) is 1.30. The van der Waals surface area contributed by atoms with Crippen LogP contribution < -0.4 is 4.72 Å². The molecular weight excluding hydrogens is 284 g/mol. The highest BCUT2D eigenvalue weighted by molar-refractivity contribution is 7.89. The summed E-state index contributed by atoms with van der Waals surface area (Å²) < 4.78 is 28.5. The van der Waals surface area contributed by atoms with Gasteiger partial charge in [0.2, 0.25) is 10.0 Å². The molecule has 0 saturated heterocycles. The van der Waals surface area contributed by atoms with Crippen LogP contribution in [-0.4, -0.2) is 45.1 Å². The number of aromatic amines is 1. The van der Waals surface area contributed by atoms with E-state index in [1.165, 1.54) is 11.0 Å². The van der Waals surface area contributed by atoms with E-state index in [0.29, 0.717) is 17.2 Å². The summed E-state index contributed by atoms with van der Waals surface area (Å²) in [4.78, 5) is 3.98. The molecule has 3 N–H and O–H groups in total. The molecule has 2 heterocycles. The van der Waals surface area contributed by atoms with E-state index in [4.69, 9.17) is 5.11 Å². The summed E-state index contributed by atoms with van der Waals surface area (Å²) in [7, 11) is -3.70. The number of hydrogen-bond acceptors (Lipinski definition) is 6. The van der Waals surface area contributed by atoms with Gasteiger partial charge in [-0.15, -0.1) is 0 Å². The normalized spacial score (nSPS) is 11.9. The van der Waals surface area contributed by atoms with Gasteiger partial charge in [-0.25, -0.2) is 18.1 Å². The second-order valence-electron chi connectivity index (χ2n) is 4.20. The summed E-state index contributed by atoms with van der Waals surface area (Å²) in [5.41, 5.74) is 0.877. The van der Waals surface area contributed by atoms with E-state index in [9.17, 15) is 8.42 Å². The number of nitrogens with zero attached hydrogens (tertiary/aromatic N) is 4. The Morgan fingerprint density at radius 2 is 2.20 bits per heavy atom. The van der Waals surface area contributed by atoms with Gasteiger partial charge >= 0.3 is 0 Å². The molecule has 0 aliphatic heterocycles. The third-order valence-corrected chi connectivity index (χ3v) is 4.44. The van der Waals surface area contributed by atoms with Crippen LogP contribution in [0.5, 0.6) is 0 Å². The van der Waals surface area contributed by atoms with Crippen LogP contribution in [-0.2, 0) is 23.1 Å². The van der Waals surface area contributed by atoms with E-state index in [2.05, 4.69) is 25.0 Å². The maximum absolute atomic E-state index is 12.3. The number of aliphatic hydroxyl groups is 1. The Bertz CT molecular complexity index is 676. The third kappa shape index (κ3) is 2.86. The van der Waals surface area contributed by atoms with Gasteiger partial charge in [-0.05, 0) is 13.8 Å². The van der Waals surface area contributed by atoms with E-state index in [1.807, 2.05) is 0 Å². The maximum Gasteiger partial charge on any atom is 0.244 e. The molecule has 9 nitrogen and oxygen atoms in total. The molecule has 2 aromatic rings. The number of hydrogen-bond donors (Lipinski definition) is 3. The van der Waals surface area contributed by atoms with Crippen molar-refractivity contribution >= 4 is 10.0 Å². The number of aryl methyl sites for hydroxylation is 1. The lowest BCUT2D eigenvalue weighted by Crippen LogP contribution is -2.25. The predicted molar refractivity (Wildman–Crippen MR) is 69.2 cm³/mol. The minimum Gasteiger partial charge on any atom is -0.394 e. The molecule has 0 aliphatic carbocycles. The average molecular weight is 300 g/mol. The first-order chi connectivity index (χ1) is 9.45. The number of sulfonamides is 1. The smallest absolute Gasteiger partial charge is 0.244 e. The van der Waals surface area contributed by atoms with Crippen molar-refractivity contribution in [2.45, 2.75) is 31.8 Å². The fourth-order valence-electron chi connectivity index (χ4n) is 1.93. The van der Waals surface area contributed by atoms with Crippen molar-refractivity contribution < 1.29 is 13.5 Å². The average Bonchev–Trinajstić information content (AvgIpc) is 2.97. The highest BCUT2D eigenvalue weighted by Crippen LogP contribution is 2.19. The fourth-order valence-corrected chi connectivity index (χ4v) is 3.33. The Morgan fingerprint density at radius 3 is 2.80 bits per heavy atom. The van der Waals surface area contributed by atoms with Gasteiger partial charge in [-0.1, -0.05) is 0 Å². The first-order valence-electron chi connectivity index (χ1n) is 5.94. The molecule has 2 rings (SSSR count). The highest BCUT2D eigenvalue weighted by Gasteiger charge is 2.24. The van der Waals surface area contributed by atoms with Crippen molar-refractivity contribution in [3.05, 3.63) is 23.5 Å². The molecule has 0 fully saturated rings. The summed E-state index contributed by atoms with van der Waals surface area (Å²) >= 11 is 0. The van der Waals surface area contributed by atoms with E-state index < -0.39 is 10.0 Å².